The third-order valence-corrected chi connectivity index (χ3v) is 3.50. The third-order valence-electron chi connectivity index (χ3n) is 2.46. The van der Waals surface area contributed by atoms with E-state index in [4.69, 9.17) is 10.5 Å². The number of carbonyl (C=O) groups excluding carboxylic acids is 2. The number of nitrogens with zero attached hydrogens (tertiary/aromatic N) is 1. The van der Waals surface area contributed by atoms with Gasteiger partial charge in [0.05, 0.1) is 0 Å². The maximum absolute atomic E-state index is 12.1. The molecule has 1 radical (unpaired) electrons. The van der Waals surface area contributed by atoms with Crippen LogP contribution in [0.1, 0.15) is 40.0 Å². The van der Waals surface area contributed by atoms with E-state index in [9.17, 15) is 9.59 Å². The molecule has 1 atom stereocenters. The van der Waals surface area contributed by atoms with Crippen LogP contribution in [0.25, 0.3) is 0 Å². The Bertz CT molecular complexity index is 390. The lowest BCUT2D eigenvalue weighted by Gasteiger charge is -2.33. The fourth-order valence-corrected chi connectivity index (χ4v) is 2.41. The van der Waals surface area contributed by atoms with Crippen molar-refractivity contribution in [1.82, 2.24) is 4.90 Å². The fourth-order valence-electron chi connectivity index (χ4n) is 1.53. The minimum Gasteiger partial charge on any atom is -0.443 e. The lowest BCUT2D eigenvalue weighted by Crippen LogP contribution is -2.57. The van der Waals surface area contributed by atoms with Crippen molar-refractivity contribution in [1.29, 1.82) is 0 Å². The summed E-state index contributed by atoms with van der Waals surface area (Å²) in [6.07, 6.45) is 2.49. The monoisotopic (exact) mass is 285 g/mol. The molecule has 1 amide bonds. The van der Waals surface area contributed by atoms with Crippen LogP contribution >= 0.6 is 11.8 Å². The van der Waals surface area contributed by atoms with Gasteiger partial charge in [-0.25, -0.2) is 9.69 Å². The van der Waals surface area contributed by atoms with Gasteiger partial charge >= 0.3 is 6.09 Å². The highest BCUT2D eigenvalue weighted by Gasteiger charge is 2.46. The quantitative estimate of drug-likeness (QED) is 0.859. The van der Waals surface area contributed by atoms with E-state index in [0.29, 0.717) is 19.3 Å². The Labute approximate surface area is 118 Å². The van der Waals surface area contributed by atoms with Crippen LogP contribution in [0.2, 0.25) is 0 Å². The fraction of sp³-hybridized carbons (Fsp3) is 0.615. The van der Waals surface area contributed by atoms with Gasteiger partial charge < -0.3 is 4.74 Å². The predicted molar refractivity (Wildman–Crippen MR) is 75.9 cm³/mol. The van der Waals surface area contributed by atoms with Gasteiger partial charge in [-0.15, -0.1) is 0 Å². The number of rotatable bonds is 4. The number of ketones is 1. The second-order valence-electron chi connectivity index (χ2n) is 5.33. The van der Waals surface area contributed by atoms with Crippen molar-refractivity contribution in [3.05, 3.63) is 18.5 Å². The predicted octanol–water partition coefficient (Wildman–Crippen LogP) is 2.63. The largest absolute Gasteiger partial charge is 0.443 e. The van der Waals surface area contributed by atoms with Gasteiger partial charge in [0.2, 0.25) is 4.99 Å². The molecular formula is C13H21N2O3S. The molecule has 0 aromatic carbocycles. The van der Waals surface area contributed by atoms with Crippen LogP contribution in [0.5, 0.6) is 0 Å². The highest BCUT2D eigenvalue weighted by atomic mass is 32.2. The molecule has 1 aliphatic heterocycles. The third kappa shape index (κ3) is 3.98. The molecule has 107 valence electrons. The molecule has 0 fully saturated rings. The first kappa shape index (κ1) is 16.0. The molecular weight excluding hydrogens is 264 g/mol. The average Bonchev–Trinajstić information content (AvgIpc) is 2.67. The molecule has 5 nitrogen and oxygen atoms in total. The Kier molecular flexibility index (Phi) is 5.04. The minimum absolute atomic E-state index is 0.197. The van der Waals surface area contributed by atoms with E-state index in [0.717, 1.165) is 16.7 Å². The molecule has 6 heteroatoms. The maximum Gasteiger partial charge on any atom is 0.416 e. The molecule has 1 rings (SSSR count). The van der Waals surface area contributed by atoms with Crippen molar-refractivity contribution in [3.8, 4) is 0 Å². The van der Waals surface area contributed by atoms with Crippen molar-refractivity contribution >= 4 is 23.6 Å². The molecule has 1 heterocycles. The van der Waals surface area contributed by atoms with Crippen molar-refractivity contribution in [2.45, 2.75) is 50.6 Å². The first-order chi connectivity index (χ1) is 8.70. The molecule has 19 heavy (non-hydrogen) atoms. The summed E-state index contributed by atoms with van der Waals surface area (Å²) in [5, 5.41) is 1.63. The number of amides is 1. The van der Waals surface area contributed by atoms with E-state index in [2.05, 4.69) is 6.92 Å². The highest BCUT2D eigenvalue weighted by Crippen LogP contribution is 2.35. The molecule has 0 aromatic rings. The molecule has 1 aliphatic rings. The summed E-state index contributed by atoms with van der Waals surface area (Å²) in [6.45, 7) is 8.98. The van der Waals surface area contributed by atoms with Gasteiger partial charge in [0, 0.05) is 12.6 Å². The topological polar surface area (TPSA) is 72.6 Å². The van der Waals surface area contributed by atoms with Crippen LogP contribution in [0.4, 0.5) is 4.79 Å². The maximum atomic E-state index is 12.1. The average molecular weight is 285 g/mol. The van der Waals surface area contributed by atoms with E-state index in [1.807, 2.05) is 0 Å². The summed E-state index contributed by atoms with van der Waals surface area (Å²) in [4.78, 5) is 24.0. The number of unbranched alkanes of at least 4 members (excludes halogenated alkanes) is 1. The number of hydrogen-bond donors (Lipinski definition) is 1. The molecule has 1 unspecified atom stereocenters. The van der Waals surface area contributed by atoms with Crippen LogP contribution in [-0.2, 0) is 9.53 Å². The smallest absolute Gasteiger partial charge is 0.416 e. The Balaban J connectivity index is 2.79. The van der Waals surface area contributed by atoms with Gasteiger partial charge in [0.15, 0.2) is 5.78 Å². The van der Waals surface area contributed by atoms with E-state index < -0.39 is 16.7 Å². The summed E-state index contributed by atoms with van der Waals surface area (Å²) in [5.74, 6) is -0.197. The standard InChI is InChI=1S/C13H21N2O3S/c1-5-6-7-10(16)13(14)15(8-9-19-13)11(17)18-12(2,3)4/h8-9H,1,5-7,14H2,2-4H3. The zero-order valence-corrected chi connectivity index (χ0v) is 12.5. The molecule has 2 N–H and O–H groups in total. The summed E-state index contributed by atoms with van der Waals surface area (Å²) in [5.41, 5.74) is 5.43. The van der Waals surface area contributed by atoms with Gasteiger partial charge in [0.25, 0.3) is 0 Å². The Morgan fingerprint density at radius 1 is 1.47 bits per heavy atom. The van der Waals surface area contributed by atoms with Gasteiger partial charge in [0.1, 0.15) is 5.60 Å². The zero-order chi connectivity index (χ0) is 14.7. The zero-order valence-electron chi connectivity index (χ0n) is 11.6. The van der Waals surface area contributed by atoms with Crippen LogP contribution in [-0.4, -0.2) is 27.4 Å². The lowest BCUT2D eigenvalue weighted by molar-refractivity contribution is -0.124. The van der Waals surface area contributed by atoms with Gasteiger partial charge in [-0.3, -0.25) is 10.5 Å². The van der Waals surface area contributed by atoms with E-state index in [-0.39, 0.29) is 5.78 Å². The van der Waals surface area contributed by atoms with E-state index >= 15 is 0 Å². The van der Waals surface area contributed by atoms with Crippen molar-refractivity contribution in [2.24, 2.45) is 5.73 Å². The number of Topliss-reactive ketones (excluding diaryl/α,β-unsaturated/α-hetero) is 1. The second-order valence-corrected chi connectivity index (χ2v) is 6.46. The lowest BCUT2D eigenvalue weighted by atomic mass is 10.1. The van der Waals surface area contributed by atoms with Crippen LogP contribution in [0, 0.1) is 6.92 Å². The first-order valence-corrected chi connectivity index (χ1v) is 7.07. The number of ether oxygens (including phenoxy) is 1. The number of carbonyl (C=O) groups is 2. The van der Waals surface area contributed by atoms with Crippen LogP contribution in [0.15, 0.2) is 11.6 Å². The van der Waals surface area contributed by atoms with Gasteiger partial charge in [-0.1, -0.05) is 25.1 Å². The molecule has 0 spiro atoms. The van der Waals surface area contributed by atoms with Crippen LogP contribution < -0.4 is 5.73 Å². The van der Waals surface area contributed by atoms with Crippen molar-refractivity contribution in [3.63, 3.8) is 0 Å². The number of nitrogens with two attached hydrogens (primary N) is 1. The van der Waals surface area contributed by atoms with Crippen molar-refractivity contribution < 1.29 is 14.3 Å². The molecule has 0 aliphatic carbocycles. The highest BCUT2D eigenvalue weighted by molar-refractivity contribution is 8.04. The Morgan fingerprint density at radius 3 is 2.63 bits per heavy atom. The normalized spacial score (nSPS) is 22.7. The van der Waals surface area contributed by atoms with E-state index in [1.165, 1.54) is 6.20 Å². The SMILES string of the molecule is [CH2]CCCC(=O)C1(N)SC=CN1C(=O)OC(C)(C)C. The summed E-state index contributed by atoms with van der Waals surface area (Å²) in [7, 11) is 0. The number of thioether (sulfide) groups is 1. The van der Waals surface area contributed by atoms with E-state index in [1.54, 1.807) is 26.2 Å². The Morgan fingerprint density at radius 2 is 2.11 bits per heavy atom. The summed E-state index contributed by atoms with van der Waals surface area (Å²) < 4.78 is 5.25. The van der Waals surface area contributed by atoms with Gasteiger partial charge in [-0.2, -0.15) is 0 Å². The number of hydrogen-bond acceptors (Lipinski definition) is 5. The molecule has 0 aromatic heterocycles. The first-order valence-electron chi connectivity index (χ1n) is 6.19. The molecule has 0 saturated heterocycles. The molecule has 0 saturated carbocycles. The van der Waals surface area contributed by atoms with Crippen LogP contribution in [0.3, 0.4) is 0 Å². The minimum atomic E-state index is -1.39. The second kappa shape index (κ2) is 5.96. The summed E-state index contributed by atoms with van der Waals surface area (Å²) >= 11 is 1.12. The van der Waals surface area contributed by atoms with Crippen molar-refractivity contribution in [2.75, 3.05) is 0 Å². The molecule has 0 bridgehead atoms. The van der Waals surface area contributed by atoms with Gasteiger partial charge in [-0.05, 0) is 32.6 Å². The Hall–Kier alpha value is -1.01. The summed E-state index contributed by atoms with van der Waals surface area (Å²) in [6, 6.07) is 0.